The quantitative estimate of drug-likeness (QED) is 0.768. The van der Waals surface area contributed by atoms with Crippen LogP contribution in [-0.2, 0) is 0 Å². The molecule has 0 bridgehead atoms. The first-order valence-corrected chi connectivity index (χ1v) is 7.62. The minimum atomic E-state index is -0.475. The number of aliphatic hydroxyl groups is 1. The van der Waals surface area contributed by atoms with Crippen molar-refractivity contribution in [1.82, 2.24) is 0 Å². The first kappa shape index (κ1) is 13.2. The number of hydrogen-bond donors (Lipinski definition) is 1. The van der Waals surface area contributed by atoms with Crippen LogP contribution in [0.3, 0.4) is 0 Å². The van der Waals surface area contributed by atoms with Crippen LogP contribution in [0.1, 0.15) is 29.8 Å². The Morgan fingerprint density at radius 1 is 1.05 bits per heavy atom. The third-order valence-corrected chi connectivity index (χ3v) is 5.18. The van der Waals surface area contributed by atoms with Gasteiger partial charge in [-0.25, -0.2) is 0 Å². The lowest BCUT2D eigenvalue weighted by atomic mass is 9.95. The first-order chi connectivity index (χ1) is 9.15. The highest BCUT2D eigenvalue weighted by Gasteiger charge is 2.27. The van der Waals surface area contributed by atoms with Gasteiger partial charge in [0.05, 0.1) is 6.10 Å². The van der Waals surface area contributed by atoms with Gasteiger partial charge in [0.2, 0.25) is 0 Å². The lowest BCUT2D eigenvalue weighted by Crippen LogP contribution is -2.18. The summed E-state index contributed by atoms with van der Waals surface area (Å²) in [7, 11) is 0. The Kier molecular flexibility index (Phi) is 3.65. The molecular weight excluding hydrogens is 372 g/mol. The van der Waals surface area contributed by atoms with Gasteiger partial charge >= 0.3 is 0 Å². The number of halogens is 2. The van der Waals surface area contributed by atoms with Crippen LogP contribution >= 0.6 is 31.9 Å². The molecule has 0 saturated carbocycles. The van der Waals surface area contributed by atoms with Gasteiger partial charge in [0, 0.05) is 20.9 Å². The van der Waals surface area contributed by atoms with E-state index in [1.165, 1.54) is 0 Å². The second kappa shape index (κ2) is 5.27. The van der Waals surface area contributed by atoms with E-state index in [1.807, 2.05) is 42.5 Å². The van der Waals surface area contributed by atoms with E-state index >= 15 is 0 Å². The summed E-state index contributed by atoms with van der Waals surface area (Å²) in [6, 6.07) is 13.7. The molecule has 0 radical (unpaired) electrons. The molecule has 0 fully saturated rings. The molecule has 0 aliphatic carbocycles. The van der Waals surface area contributed by atoms with Crippen LogP contribution in [0.2, 0.25) is 0 Å². The van der Waals surface area contributed by atoms with Gasteiger partial charge in [-0.3, -0.25) is 0 Å². The Morgan fingerprint density at radius 3 is 2.63 bits per heavy atom. The summed E-state index contributed by atoms with van der Waals surface area (Å²) in [5.41, 5.74) is 1.93. The van der Waals surface area contributed by atoms with E-state index in [1.54, 1.807) is 0 Å². The van der Waals surface area contributed by atoms with Crippen LogP contribution in [-0.4, -0.2) is 5.11 Å². The topological polar surface area (TPSA) is 29.5 Å². The van der Waals surface area contributed by atoms with E-state index in [0.717, 1.165) is 25.8 Å². The SMILES string of the molecule is O[C@@H]1CC(c2ccc(Br)c(Br)c2)Oc2ccccc21. The van der Waals surface area contributed by atoms with Crippen molar-refractivity contribution in [1.29, 1.82) is 0 Å². The molecule has 3 rings (SSSR count). The fourth-order valence-electron chi connectivity index (χ4n) is 2.31. The Balaban J connectivity index is 1.94. The number of hydrogen-bond acceptors (Lipinski definition) is 2. The van der Waals surface area contributed by atoms with Crippen LogP contribution in [0.4, 0.5) is 0 Å². The maximum absolute atomic E-state index is 10.2. The van der Waals surface area contributed by atoms with Crippen LogP contribution in [0, 0.1) is 0 Å². The zero-order valence-corrected chi connectivity index (χ0v) is 13.2. The number of para-hydroxylation sites is 1. The summed E-state index contributed by atoms with van der Waals surface area (Å²) in [6.07, 6.45) is -0.0166. The van der Waals surface area contributed by atoms with Gasteiger partial charge in [-0.15, -0.1) is 0 Å². The van der Waals surface area contributed by atoms with Crippen molar-refractivity contribution in [2.24, 2.45) is 0 Å². The lowest BCUT2D eigenvalue weighted by molar-refractivity contribution is 0.0657. The molecule has 98 valence electrons. The standard InChI is InChI=1S/C15H12Br2O2/c16-11-6-5-9(7-12(11)17)15-8-13(18)10-3-1-2-4-14(10)19-15/h1-7,13,15,18H,8H2/t13-,15?/m1/s1. The predicted molar refractivity (Wildman–Crippen MR) is 81.2 cm³/mol. The van der Waals surface area contributed by atoms with Crippen LogP contribution in [0.25, 0.3) is 0 Å². The minimum Gasteiger partial charge on any atom is -0.485 e. The molecule has 2 aromatic rings. The van der Waals surface area contributed by atoms with Gasteiger partial charge < -0.3 is 9.84 Å². The third kappa shape index (κ3) is 2.57. The molecule has 19 heavy (non-hydrogen) atoms. The smallest absolute Gasteiger partial charge is 0.127 e. The number of aliphatic hydroxyl groups excluding tert-OH is 1. The molecule has 1 unspecified atom stereocenters. The zero-order chi connectivity index (χ0) is 13.4. The van der Waals surface area contributed by atoms with Gasteiger partial charge in [0.25, 0.3) is 0 Å². The average molecular weight is 384 g/mol. The molecule has 1 aliphatic heterocycles. The largest absolute Gasteiger partial charge is 0.485 e. The summed E-state index contributed by atoms with van der Waals surface area (Å²) in [5.74, 6) is 0.769. The van der Waals surface area contributed by atoms with Crippen LogP contribution in [0.15, 0.2) is 51.4 Å². The molecule has 1 N–H and O–H groups in total. The summed E-state index contributed by atoms with van der Waals surface area (Å²) in [4.78, 5) is 0. The Labute approximate surface area is 128 Å². The molecule has 2 aromatic carbocycles. The fourth-order valence-corrected chi connectivity index (χ4v) is 2.95. The number of ether oxygens (including phenoxy) is 1. The number of rotatable bonds is 1. The van der Waals surface area contributed by atoms with Crippen molar-refractivity contribution in [3.63, 3.8) is 0 Å². The molecule has 2 nitrogen and oxygen atoms in total. The first-order valence-electron chi connectivity index (χ1n) is 6.04. The van der Waals surface area contributed by atoms with Gasteiger partial charge in [0.15, 0.2) is 0 Å². The number of fused-ring (bicyclic) bond motifs is 1. The minimum absolute atomic E-state index is 0.116. The van der Waals surface area contributed by atoms with E-state index in [2.05, 4.69) is 31.9 Å². The van der Waals surface area contributed by atoms with E-state index in [9.17, 15) is 5.11 Å². The molecule has 0 amide bonds. The molecular formula is C15H12Br2O2. The Bertz CT molecular complexity index is 613. The zero-order valence-electron chi connectivity index (χ0n) is 10.0. The predicted octanol–water partition coefficient (Wildman–Crippen LogP) is 4.77. The van der Waals surface area contributed by atoms with Crippen molar-refractivity contribution >= 4 is 31.9 Å². The molecule has 0 saturated heterocycles. The Hall–Kier alpha value is -0.840. The highest BCUT2D eigenvalue weighted by atomic mass is 79.9. The molecule has 0 aromatic heterocycles. The molecule has 2 atom stereocenters. The monoisotopic (exact) mass is 382 g/mol. The summed E-state index contributed by atoms with van der Waals surface area (Å²) < 4.78 is 7.98. The maximum Gasteiger partial charge on any atom is 0.127 e. The van der Waals surface area contributed by atoms with Crippen molar-refractivity contribution in [2.45, 2.75) is 18.6 Å². The maximum atomic E-state index is 10.2. The fraction of sp³-hybridized carbons (Fsp3) is 0.200. The lowest BCUT2D eigenvalue weighted by Gasteiger charge is -2.30. The second-order valence-corrected chi connectivity index (χ2v) is 6.28. The molecule has 1 heterocycles. The highest BCUT2D eigenvalue weighted by molar-refractivity contribution is 9.13. The van der Waals surface area contributed by atoms with E-state index < -0.39 is 6.10 Å². The highest BCUT2D eigenvalue weighted by Crippen LogP contribution is 2.41. The van der Waals surface area contributed by atoms with Crippen molar-refractivity contribution < 1.29 is 9.84 Å². The van der Waals surface area contributed by atoms with Crippen molar-refractivity contribution in [2.75, 3.05) is 0 Å². The van der Waals surface area contributed by atoms with E-state index in [-0.39, 0.29) is 6.10 Å². The van der Waals surface area contributed by atoms with Gasteiger partial charge in [-0.05, 0) is 55.6 Å². The van der Waals surface area contributed by atoms with Gasteiger partial charge in [-0.1, -0.05) is 24.3 Å². The molecule has 4 heteroatoms. The van der Waals surface area contributed by atoms with E-state index in [0.29, 0.717) is 6.42 Å². The normalized spacial score (nSPS) is 21.6. The summed E-state index contributed by atoms with van der Waals surface area (Å²) in [6.45, 7) is 0. The Morgan fingerprint density at radius 2 is 1.84 bits per heavy atom. The summed E-state index contributed by atoms with van der Waals surface area (Å²) in [5, 5.41) is 10.2. The molecule has 0 spiro atoms. The second-order valence-electron chi connectivity index (χ2n) is 4.57. The van der Waals surface area contributed by atoms with Crippen LogP contribution < -0.4 is 4.74 Å². The average Bonchev–Trinajstić information content (AvgIpc) is 2.42. The van der Waals surface area contributed by atoms with Crippen molar-refractivity contribution in [3.8, 4) is 5.75 Å². The van der Waals surface area contributed by atoms with E-state index in [4.69, 9.17) is 4.74 Å². The third-order valence-electron chi connectivity index (χ3n) is 3.30. The summed E-state index contributed by atoms with van der Waals surface area (Å²) >= 11 is 6.95. The molecule has 1 aliphatic rings. The number of benzene rings is 2. The van der Waals surface area contributed by atoms with Gasteiger partial charge in [-0.2, -0.15) is 0 Å². The van der Waals surface area contributed by atoms with Gasteiger partial charge in [0.1, 0.15) is 11.9 Å². The van der Waals surface area contributed by atoms with Crippen LogP contribution in [0.5, 0.6) is 5.75 Å². The van der Waals surface area contributed by atoms with Crippen molar-refractivity contribution in [3.05, 3.63) is 62.5 Å².